The van der Waals surface area contributed by atoms with Crippen molar-refractivity contribution in [1.29, 1.82) is 10.8 Å². The Hall–Kier alpha value is -2.11. The number of carboxylic acids is 1. The first-order valence-corrected chi connectivity index (χ1v) is 7.10. The number of pyridine rings is 1. The van der Waals surface area contributed by atoms with Gasteiger partial charge in [-0.15, -0.1) is 0 Å². The first-order valence-electron chi connectivity index (χ1n) is 7.10. The summed E-state index contributed by atoms with van der Waals surface area (Å²) in [6.07, 6.45) is 9.18. The number of ether oxygens (including phenoxy) is 1. The number of aromatic nitrogens is 1. The predicted molar refractivity (Wildman–Crippen MR) is 82.4 cm³/mol. The van der Waals surface area contributed by atoms with Crippen LogP contribution in [0.15, 0.2) is 12.3 Å². The van der Waals surface area contributed by atoms with Crippen LogP contribution in [0.4, 0.5) is 0 Å². The number of aromatic carboxylic acids is 1. The van der Waals surface area contributed by atoms with E-state index in [0.717, 1.165) is 17.0 Å². The minimum atomic E-state index is -1.16. The maximum Gasteiger partial charge on any atom is 0.339 e. The molecule has 0 radical (unpaired) electrons. The summed E-state index contributed by atoms with van der Waals surface area (Å²) >= 11 is 0. The molecule has 0 atom stereocenters. The SMILES string of the molecule is CCCCCCC.COc1cn(C=N)c(=N)cc1C(=O)O. The van der Waals surface area contributed by atoms with Crippen molar-refractivity contribution in [3.8, 4) is 5.75 Å². The van der Waals surface area contributed by atoms with E-state index < -0.39 is 5.97 Å². The van der Waals surface area contributed by atoms with Crippen LogP contribution in [0.1, 0.15) is 56.3 Å². The third-order valence-corrected chi connectivity index (χ3v) is 2.88. The van der Waals surface area contributed by atoms with Gasteiger partial charge in [-0.2, -0.15) is 0 Å². The molecule has 0 aliphatic carbocycles. The van der Waals surface area contributed by atoms with Gasteiger partial charge in [-0.3, -0.25) is 15.4 Å². The molecule has 0 saturated carbocycles. The van der Waals surface area contributed by atoms with E-state index in [0.29, 0.717) is 0 Å². The monoisotopic (exact) mass is 295 g/mol. The molecule has 6 nitrogen and oxygen atoms in total. The number of unbranched alkanes of at least 4 members (excludes halogenated alkanes) is 4. The maximum atomic E-state index is 10.7. The Kier molecular flexibility index (Phi) is 9.58. The molecule has 0 unspecified atom stereocenters. The largest absolute Gasteiger partial charge is 0.494 e. The zero-order chi connectivity index (χ0) is 16.3. The summed E-state index contributed by atoms with van der Waals surface area (Å²) in [5.41, 5.74) is -0.172. The molecule has 21 heavy (non-hydrogen) atoms. The van der Waals surface area contributed by atoms with Gasteiger partial charge in [0.1, 0.15) is 16.8 Å². The smallest absolute Gasteiger partial charge is 0.339 e. The number of carbonyl (C=O) groups is 1. The molecular weight excluding hydrogens is 270 g/mol. The molecule has 0 bridgehead atoms. The van der Waals surface area contributed by atoms with Crippen molar-refractivity contribution in [2.75, 3.05) is 7.11 Å². The van der Waals surface area contributed by atoms with E-state index in [4.69, 9.17) is 20.7 Å². The molecule has 0 saturated heterocycles. The van der Waals surface area contributed by atoms with Gasteiger partial charge in [0.15, 0.2) is 0 Å². The highest BCUT2D eigenvalue weighted by Gasteiger charge is 2.11. The highest BCUT2D eigenvalue weighted by molar-refractivity contribution is 5.90. The number of hydrogen-bond donors (Lipinski definition) is 3. The van der Waals surface area contributed by atoms with Crippen molar-refractivity contribution < 1.29 is 14.6 Å². The van der Waals surface area contributed by atoms with Gasteiger partial charge in [-0.05, 0) is 6.07 Å². The summed E-state index contributed by atoms with van der Waals surface area (Å²) < 4.78 is 5.96. The molecule has 1 heterocycles. The summed E-state index contributed by atoms with van der Waals surface area (Å²) in [7, 11) is 1.33. The van der Waals surface area contributed by atoms with E-state index >= 15 is 0 Å². The van der Waals surface area contributed by atoms with Gasteiger partial charge in [0.2, 0.25) is 0 Å². The van der Waals surface area contributed by atoms with Crippen LogP contribution in [0, 0.1) is 10.8 Å². The normalized spacial score (nSPS) is 9.48. The number of methoxy groups -OCH3 is 1. The number of carboxylic acid groups (broad SMARTS) is 1. The minimum absolute atomic E-state index is 0.0850. The standard InChI is InChI=1S/C8H9N3O3.C7H16/c1-14-6-3-11(4-9)7(10)2-5(6)8(12)13;1-3-5-7-6-4-2/h2-4,9-10H,1H3,(H,12,13);3-7H2,1-2H3. The third kappa shape index (κ3) is 6.74. The van der Waals surface area contributed by atoms with Crippen LogP contribution in [0.5, 0.6) is 5.75 Å². The van der Waals surface area contributed by atoms with Crippen molar-refractivity contribution in [2.45, 2.75) is 46.0 Å². The van der Waals surface area contributed by atoms with E-state index in [-0.39, 0.29) is 16.8 Å². The molecule has 1 rings (SSSR count). The Morgan fingerprint density at radius 1 is 1.33 bits per heavy atom. The van der Waals surface area contributed by atoms with Crippen LogP contribution in [-0.4, -0.2) is 29.1 Å². The Morgan fingerprint density at radius 3 is 2.29 bits per heavy atom. The van der Waals surface area contributed by atoms with Crippen LogP contribution < -0.4 is 10.2 Å². The van der Waals surface area contributed by atoms with E-state index in [2.05, 4.69) is 13.8 Å². The molecule has 3 N–H and O–H groups in total. The van der Waals surface area contributed by atoms with Crippen LogP contribution >= 0.6 is 0 Å². The highest BCUT2D eigenvalue weighted by Crippen LogP contribution is 2.14. The molecule has 6 heteroatoms. The van der Waals surface area contributed by atoms with E-state index in [1.54, 1.807) is 0 Å². The molecule has 0 fully saturated rings. The van der Waals surface area contributed by atoms with Crippen molar-refractivity contribution >= 4 is 12.3 Å². The molecule has 0 amide bonds. The quantitative estimate of drug-likeness (QED) is 0.409. The second-order valence-corrected chi connectivity index (χ2v) is 4.54. The van der Waals surface area contributed by atoms with Gasteiger partial charge in [0.05, 0.1) is 19.6 Å². The summed E-state index contributed by atoms with van der Waals surface area (Å²) in [5, 5.41) is 23.1. The fraction of sp³-hybridized carbons (Fsp3) is 0.533. The third-order valence-electron chi connectivity index (χ3n) is 2.88. The molecule has 0 aliphatic heterocycles. The van der Waals surface area contributed by atoms with Crippen LogP contribution in [0.3, 0.4) is 0 Å². The second kappa shape index (κ2) is 10.7. The molecule has 0 spiro atoms. The summed E-state index contributed by atoms with van der Waals surface area (Å²) in [6.45, 7) is 4.49. The molecule has 0 aliphatic rings. The van der Waals surface area contributed by atoms with E-state index in [1.807, 2.05) is 0 Å². The number of nitrogens with one attached hydrogen (secondary N) is 2. The average Bonchev–Trinajstić information content (AvgIpc) is 2.48. The Bertz CT molecular complexity index is 505. The second-order valence-electron chi connectivity index (χ2n) is 4.54. The maximum absolute atomic E-state index is 10.7. The van der Waals surface area contributed by atoms with Crippen LogP contribution in [0.2, 0.25) is 0 Å². The first-order chi connectivity index (χ1) is 10.0. The molecule has 1 aromatic heterocycles. The zero-order valence-electron chi connectivity index (χ0n) is 13.0. The minimum Gasteiger partial charge on any atom is -0.494 e. The van der Waals surface area contributed by atoms with Crippen molar-refractivity contribution in [3.63, 3.8) is 0 Å². The van der Waals surface area contributed by atoms with Crippen LogP contribution in [-0.2, 0) is 0 Å². The summed E-state index contributed by atoms with van der Waals surface area (Å²) in [5.74, 6) is -1.04. The molecular formula is C15H25N3O3. The van der Waals surface area contributed by atoms with Gasteiger partial charge < -0.3 is 9.84 Å². The Labute approximate surface area is 125 Å². The van der Waals surface area contributed by atoms with E-state index in [1.165, 1.54) is 45.4 Å². The fourth-order valence-corrected chi connectivity index (χ4v) is 1.66. The Balaban J connectivity index is 0.000000486. The van der Waals surface area contributed by atoms with Gasteiger partial charge in [0, 0.05) is 0 Å². The summed E-state index contributed by atoms with van der Waals surface area (Å²) in [6, 6.07) is 1.13. The lowest BCUT2D eigenvalue weighted by Crippen LogP contribution is -2.20. The van der Waals surface area contributed by atoms with E-state index in [9.17, 15) is 4.79 Å². The van der Waals surface area contributed by atoms with Crippen molar-refractivity contribution in [1.82, 2.24) is 4.57 Å². The predicted octanol–water partition coefficient (Wildman–Crippen LogP) is 3.11. The van der Waals surface area contributed by atoms with Gasteiger partial charge in [0.25, 0.3) is 0 Å². The number of rotatable bonds is 7. The zero-order valence-corrected chi connectivity index (χ0v) is 13.0. The Morgan fingerprint density at radius 2 is 1.90 bits per heavy atom. The van der Waals surface area contributed by atoms with Gasteiger partial charge >= 0.3 is 5.97 Å². The molecule has 1 aromatic rings. The first kappa shape index (κ1) is 18.9. The van der Waals surface area contributed by atoms with Crippen molar-refractivity contribution in [3.05, 3.63) is 23.3 Å². The van der Waals surface area contributed by atoms with Crippen LogP contribution in [0.25, 0.3) is 0 Å². The van der Waals surface area contributed by atoms with Gasteiger partial charge in [-0.25, -0.2) is 4.79 Å². The number of hydrogen-bond acceptors (Lipinski definition) is 4. The van der Waals surface area contributed by atoms with Gasteiger partial charge in [-0.1, -0.05) is 46.0 Å². The van der Waals surface area contributed by atoms with Crippen molar-refractivity contribution in [2.24, 2.45) is 0 Å². The molecule has 118 valence electrons. The lowest BCUT2D eigenvalue weighted by atomic mass is 10.2. The average molecular weight is 295 g/mol. The summed E-state index contributed by atoms with van der Waals surface area (Å²) in [4.78, 5) is 10.7. The lowest BCUT2D eigenvalue weighted by molar-refractivity contribution is 0.0693. The fourth-order valence-electron chi connectivity index (χ4n) is 1.66. The molecule has 0 aromatic carbocycles. The highest BCUT2D eigenvalue weighted by atomic mass is 16.5. The number of nitrogens with zero attached hydrogens (tertiary/aromatic N) is 1. The topological polar surface area (TPSA) is 99.2 Å². The lowest BCUT2D eigenvalue weighted by Gasteiger charge is -2.06.